The SMILES string of the molecule is CCCCNC(=O)c1ccc(NCC(=O)Nc2ccc(C(=O)NCC)cc2)cc1. The van der Waals surface area contributed by atoms with E-state index in [0.717, 1.165) is 18.5 Å². The maximum atomic E-state index is 12.1. The summed E-state index contributed by atoms with van der Waals surface area (Å²) in [5.74, 6) is -0.453. The van der Waals surface area contributed by atoms with E-state index in [1.807, 2.05) is 6.92 Å². The Morgan fingerprint density at radius 2 is 1.31 bits per heavy atom. The van der Waals surface area contributed by atoms with Gasteiger partial charge in [0.15, 0.2) is 0 Å². The van der Waals surface area contributed by atoms with E-state index in [2.05, 4.69) is 28.2 Å². The predicted molar refractivity (Wildman–Crippen MR) is 115 cm³/mol. The highest BCUT2D eigenvalue weighted by atomic mass is 16.2. The molecule has 2 aromatic carbocycles. The first-order valence-corrected chi connectivity index (χ1v) is 9.83. The van der Waals surface area contributed by atoms with Crippen molar-refractivity contribution in [2.75, 3.05) is 30.3 Å². The number of anilines is 2. The van der Waals surface area contributed by atoms with Crippen molar-refractivity contribution in [3.05, 3.63) is 59.7 Å². The van der Waals surface area contributed by atoms with E-state index in [0.29, 0.717) is 29.9 Å². The summed E-state index contributed by atoms with van der Waals surface area (Å²) < 4.78 is 0. The van der Waals surface area contributed by atoms with Gasteiger partial charge in [0.05, 0.1) is 6.54 Å². The second-order valence-corrected chi connectivity index (χ2v) is 6.53. The average Bonchev–Trinajstić information content (AvgIpc) is 2.73. The van der Waals surface area contributed by atoms with Crippen molar-refractivity contribution in [1.82, 2.24) is 10.6 Å². The summed E-state index contributed by atoms with van der Waals surface area (Å²) in [6, 6.07) is 13.7. The van der Waals surface area contributed by atoms with Crippen molar-refractivity contribution in [2.45, 2.75) is 26.7 Å². The monoisotopic (exact) mass is 396 g/mol. The van der Waals surface area contributed by atoms with Crippen LogP contribution in [0.3, 0.4) is 0 Å². The summed E-state index contributed by atoms with van der Waals surface area (Å²) >= 11 is 0. The van der Waals surface area contributed by atoms with Crippen LogP contribution in [-0.4, -0.2) is 37.4 Å². The molecule has 0 aliphatic carbocycles. The Morgan fingerprint density at radius 3 is 1.86 bits per heavy atom. The number of nitrogens with one attached hydrogen (secondary N) is 4. The lowest BCUT2D eigenvalue weighted by atomic mass is 10.2. The molecule has 0 aromatic heterocycles. The van der Waals surface area contributed by atoms with Crippen LogP contribution in [0.4, 0.5) is 11.4 Å². The molecule has 154 valence electrons. The van der Waals surface area contributed by atoms with Gasteiger partial charge in [-0.25, -0.2) is 0 Å². The molecule has 29 heavy (non-hydrogen) atoms. The number of carbonyl (C=O) groups is 3. The lowest BCUT2D eigenvalue weighted by Crippen LogP contribution is -2.24. The normalized spacial score (nSPS) is 10.1. The molecule has 7 nitrogen and oxygen atoms in total. The molecule has 4 N–H and O–H groups in total. The van der Waals surface area contributed by atoms with Crippen molar-refractivity contribution in [3.8, 4) is 0 Å². The molecule has 0 fully saturated rings. The fourth-order valence-corrected chi connectivity index (χ4v) is 2.58. The number of amides is 3. The summed E-state index contributed by atoms with van der Waals surface area (Å²) in [5.41, 5.74) is 2.49. The quantitative estimate of drug-likeness (QED) is 0.464. The van der Waals surface area contributed by atoms with E-state index in [4.69, 9.17) is 0 Å². The molecule has 2 aromatic rings. The molecule has 0 spiro atoms. The lowest BCUT2D eigenvalue weighted by molar-refractivity contribution is -0.114. The Balaban J connectivity index is 1.80. The lowest BCUT2D eigenvalue weighted by Gasteiger charge is -2.09. The zero-order valence-corrected chi connectivity index (χ0v) is 16.9. The fraction of sp³-hybridized carbons (Fsp3) is 0.318. The van der Waals surface area contributed by atoms with Gasteiger partial charge in [-0.1, -0.05) is 13.3 Å². The molecule has 0 radical (unpaired) electrons. The molecule has 0 aliphatic rings. The van der Waals surface area contributed by atoms with E-state index in [1.54, 1.807) is 48.5 Å². The minimum Gasteiger partial charge on any atom is -0.376 e. The zero-order valence-electron chi connectivity index (χ0n) is 16.9. The number of unbranched alkanes of at least 4 members (excludes halogenated alkanes) is 1. The van der Waals surface area contributed by atoms with Gasteiger partial charge in [-0.15, -0.1) is 0 Å². The highest BCUT2D eigenvalue weighted by molar-refractivity contribution is 5.97. The van der Waals surface area contributed by atoms with E-state index < -0.39 is 0 Å². The van der Waals surface area contributed by atoms with Gasteiger partial charge in [-0.05, 0) is 61.9 Å². The van der Waals surface area contributed by atoms with Crippen LogP contribution in [0.1, 0.15) is 47.4 Å². The third-order valence-electron chi connectivity index (χ3n) is 4.18. The minimum atomic E-state index is -0.211. The first kappa shape index (κ1) is 21.9. The van der Waals surface area contributed by atoms with E-state index >= 15 is 0 Å². The van der Waals surface area contributed by atoms with Crippen LogP contribution in [0, 0.1) is 0 Å². The summed E-state index contributed by atoms with van der Waals surface area (Å²) in [7, 11) is 0. The maximum Gasteiger partial charge on any atom is 0.251 e. The Labute approximate surface area is 171 Å². The number of carbonyl (C=O) groups excluding carboxylic acids is 3. The van der Waals surface area contributed by atoms with Crippen LogP contribution in [0.25, 0.3) is 0 Å². The largest absolute Gasteiger partial charge is 0.376 e. The standard InChI is InChI=1S/C22H28N4O3/c1-3-5-14-24-22(29)17-6-10-18(11-7-17)25-15-20(27)26-19-12-8-16(9-13-19)21(28)23-4-2/h6-13,25H,3-5,14-15H2,1-2H3,(H,23,28)(H,24,29)(H,26,27). The molecule has 0 saturated carbocycles. The smallest absolute Gasteiger partial charge is 0.251 e. The molecule has 3 amide bonds. The van der Waals surface area contributed by atoms with Crippen LogP contribution in [-0.2, 0) is 4.79 Å². The summed E-state index contributed by atoms with van der Waals surface area (Å²) in [6.45, 7) is 5.24. The molecule has 0 saturated heterocycles. The number of benzene rings is 2. The highest BCUT2D eigenvalue weighted by Crippen LogP contribution is 2.11. The van der Waals surface area contributed by atoms with Gasteiger partial charge < -0.3 is 21.3 Å². The second-order valence-electron chi connectivity index (χ2n) is 6.53. The van der Waals surface area contributed by atoms with Gasteiger partial charge in [0.1, 0.15) is 0 Å². The second kappa shape index (κ2) is 11.5. The fourth-order valence-electron chi connectivity index (χ4n) is 2.58. The van der Waals surface area contributed by atoms with E-state index in [1.165, 1.54) is 0 Å². The van der Waals surface area contributed by atoms with Gasteiger partial charge in [-0.2, -0.15) is 0 Å². The molecule has 0 heterocycles. The Hall–Kier alpha value is -3.35. The highest BCUT2D eigenvalue weighted by Gasteiger charge is 2.07. The third kappa shape index (κ3) is 7.29. The predicted octanol–water partition coefficient (Wildman–Crippen LogP) is 3.02. The van der Waals surface area contributed by atoms with E-state index in [-0.39, 0.29) is 24.3 Å². The van der Waals surface area contributed by atoms with Crippen molar-refractivity contribution in [3.63, 3.8) is 0 Å². The maximum absolute atomic E-state index is 12.1. The topological polar surface area (TPSA) is 99.3 Å². The van der Waals surface area contributed by atoms with Crippen molar-refractivity contribution in [1.29, 1.82) is 0 Å². The van der Waals surface area contributed by atoms with Gasteiger partial charge in [0.2, 0.25) is 5.91 Å². The van der Waals surface area contributed by atoms with Crippen LogP contribution >= 0.6 is 0 Å². The van der Waals surface area contributed by atoms with Crippen molar-refractivity contribution in [2.24, 2.45) is 0 Å². The van der Waals surface area contributed by atoms with Gasteiger partial charge in [0, 0.05) is 35.6 Å². The summed E-state index contributed by atoms with van der Waals surface area (Å²) in [6.07, 6.45) is 1.98. The summed E-state index contributed by atoms with van der Waals surface area (Å²) in [5, 5.41) is 11.4. The van der Waals surface area contributed by atoms with Gasteiger partial charge in [0.25, 0.3) is 11.8 Å². The first-order valence-electron chi connectivity index (χ1n) is 9.83. The van der Waals surface area contributed by atoms with Crippen molar-refractivity contribution < 1.29 is 14.4 Å². The van der Waals surface area contributed by atoms with Gasteiger partial charge >= 0.3 is 0 Å². The molecule has 0 unspecified atom stereocenters. The number of hydrogen-bond donors (Lipinski definition) is 4. The molecule has 0 aliphatic heterocycles. The molecule has 0 bridgehead atoms. The number of rotatable bonds is 10. The van der Waals surface area contributed by atoms with Crippen LogP contribution in [0.2, 0.25) is 0 Å². The minimum absolute atomic E-state index is 0.0834. The summed E-state index contributed by atoms with van der Waals surface area (Å²) in [4.78, 5) is 35.8. The van der Waals surface area contributed by atoms with Crippen LogP contribution < -0.4 is 21.3 Å². The number of hydrogen-bond acceptors (Lipinski definition) is 4. The Morgan fingerprint density at radius 1 is 0.759 bits per heavy atom. The molecular formula is C22H28N4O3. The van der Waals surface area contributed by atoms with Gasteiger partial charge in [-0.3, -0.25) is 14.4 Å². The zero-order chi connectivity index (χ0) is 21.1. The average molecular weight is 396 g/mol. The van der Waals surface area contributed by atoms with Crippen molar-refractivity contribution >= 4 is 29.1 Å². The molecule has 7 heteroatoms. The molecule has 0 atom stereocenters. The Kier molecular flexibility index (Phi) is 8.69. The molecule has 2 rings (SSSR count). The van der Waals surface area contributed by atoms with Crippen LogP contribution in [0.5, 0.6) is 0 Å². The van der Waals surface area contributed by atoms with E-state index in [9.17, 15) is 14.4 Å². The Bertz CT molecular complexity index is 817. The molecular weight excluding hydrogens is 368 g/mol. The third-order valence-corrected chi connectivity index (χ3v) is 4.18. The first-order chi connectivity index (χ1) is 14.0. The van der Waals surface area contributed by atoms with Crippen LogP contribution in [0.15, 0.2) is 48.5 Å².